The van der Waals surface area contributed by atoms with Gasteiger partial charge in [0.25, 0.3) is 0 Å². The summed E-state index contributed by atoms with van der Waals surface area (Å²) in [7, 11) is 0. The van der Waals surface area contributed by atoms with Gasteiger partial charge in [-0.1, -0.05) is 44.2 Å². The van der Waals surface area contributed by atoms with Crippen molar-refractivity contribution in [3.05, 3.63) is 76.1 Å². The Morgan fingerprint density at radius 1 is 1.04 bits per heavy atom. The number of rotatable bonds is 4. The average Bonchev–Trinajstić information content (AvgIpc) is 2.86. The number of hydrogen-bond donors (Lipinski definition) is 1. The van der Waals surface area contributed by atoms with Gasteiger partial charge in [-0.25, -0.2) is 4.39 Å². The van der Waals surface area contributed by atoms with E-state index in [4.69, 9.17) is 0 Å². The molecule has 0 aromatic heterocycles. The lowest BCUT2D eigenvalue weighted by molar-refractivity contribution is -0.139. The molecular formula is C23H23FO2. The van der Waals surface area contributed by atoms with E-state index in [2.05, 4.69) is 44.2 Å². The molecule has 0 spiro atoms. The van der Waals surface area contributed by atoms with Crippen molar-refractivity contribution < 1.29 is 14.3 Å². The second-order valence-corrected chi connectivity index (χ2v) is 7.17. The van der Waals surface area contributed by atoms with E-state index in [9.17, 15) is 14.3 Å². The number of fused-ring (bicyclic) bond motifs is 1. The van der Waals surface area contributed by atoms with Gasteiger partial charge in [0.1, 0.15) is 5.82 Å². The lowest BCUT2D eigenvalue weighted by atomic mass is 9.94. The van der Waals surface area contributed by atoms with Crippen molar-refractivity contribution >= 4 is 23.2 Å². The summed E-state index contributed by atoms with van der Waals surface area (Å²) in [6.07, 6.45) is 2.05. The van der Waals surface area contributed by atoms with E-state index >= 15 is 0 Å². The normalized spacial score (nSPS) is 16.3. The molecule has 0 radical (unpaired) electrons. The Bertz CT molecular complexity index is 918. The van der Waals surface area contributed by atoms with Crippen LogP contribution < -0.4 is 0 Å². The summed E-state index contributed by atoms with van der Waals surface area (Å²) in [5.41, 5.74) is 6.44. The van der Waals surface area contributed by atoms with Gasteiger partial charge in [0.05, 0.1) is 5.92 Å². The zero-order chi connectivity index (χ0) is 19.0. The summed E-state index contributed by atoms with van der Waals surface area (Å²) >= 11 is 0. The summed E-state index contributed by atoms with van der Waals surface area (Å²) < 4.78 is 13.8. The van der Waals surface area contributed by atoms with Crippen LogP contribution in [0, 0.1) is 11.7 Å². The summed E-state index contributed by atoms with van der Waals surface area (Å²) in [5, 5.41) is 9.47. The predicted octanol–water partition coefficient (Wildman–Crippen LogP) is 6.00. The highest BCUT2D eigenvalue weighted by molar-refractivity contribution is 6.08. The minimum Gasteiger partial charge on any atom is -0.481 e. The Morgan fingerprint density at radius 3 is 2.27 bits per heavy atom. The monoisotopic (exact) mass is 350 g/mol. The van der Waals surface area contributed by atoms with Gasteiger partial charge >= 0.3 is 5.97 Å². The number of benzene rings is 2. The van der Waals surface area contributed by atoms with E-state index in [-0.39, 0.29) is 5.82 Å². The fraction of sp³-hybridized carbons (Fsp3) is 0.261. The van der Waals surface area contributed by atoms with Gasteiger partial charge < -0.3 is 5.11 Å². The Labute approximate surface area is 153 Å². The molecule has 0 amide bonds. The first kappa shape index (κ1) is 18.1. The number of carboxylic acid groups (broad SMARTS) is 1. The van der Waals surface area contributed by atoms with E-state index in [0.717, 1.165) is 22.3 Å². The highest BCUT2D eigenvalue weighted by Crippen LogP contribution is 2.45. The van der Waals surface area contributed by atoms with Crippen molar-refractivity contribution in [2.75, 3.05) is 0 Å². The molecule has 1 atom stereocenters. The molecule has 2 aromatic rings. The van der Waals surface area contributed by atoms with Crippen LogP contribution in [0.25, 0.3) is 17.2 Å². The molecule has 0 saturated heterocycles. The summed E-state index contributed by atoms with van der Waals surface area (Å²) in [6, 6.07) is 13.0. The first-order valence-electron chi connectivity index (χ1n) is 8.85. The first-order valence-corrected chi connectivity index (χ1v) is 8.85. The molecule has 2 nitrogen and oxygen atoms in total. The molecule has 0 aliphatic heterocycles. The standard InChI is InChI=1S/C23H23FO2/c1-13(2)17-7-5-16(6-8-17)11-20-14(3)22(15(4)23(25)26)21-12-18(24)9-10-19(20)21/h5-13,15H,1-4H3,(H,25,26)/b20-11-. The Balaban J connectivity index is 2.13. The van der Waals surface area contributed by atoms with Crippen molar-refractivity contribution in [2.24, 2.45) is 5.92 Å². The molecule has 0 fully saturated rings. The molecule has 1 unspecified atom stereocenters. The molecule has 1 N–H and O–H groups in total. The molecule has 0 saturated carbocycles. The number of halogens is 1. The maximum atomic E-state index is 13.8. The number of carbonyl (C=O) groups is 1. The van der Waals surface area contributed by atoms with Gasteiger partial charge in [0.2, 0.25) is 0 Å². The maximum Gasteiger partial charge on any atom is 0.310 e. The molecule has 1 aliphatic carbocycles. The summed E-state index contributed by atoms with van der Waals surface area (Å²) in [4.78, 5) is 11.5. The van der Waals surface area contributed by atoms with Crippen LogP contribution in [0.2, 0.25) is 0 Å². The molecule has 1 aliphatic rings. The second-order valence-electron chi connectivity index (χ2n) is 7.17. The largest absolute Gasteiger partial charge is 0.481 e. The molecule has 0 heterocycles. The van der Waals surface area contributed by atoms with Crippen LogP contribution in [0.5, 0.6) is 0 Å². The van der Waals surface area contributed by atoms with Gasteiger partial charge in [-0.2, -0.15) is 0 Å². The Hall–Kier alpha value is -2.68. The molecular weight excluding hydrogens is 327 g/mol. The third kappa shape index (κ3) is 3.22. The van der Waals surface area contributed by atoms with Crippen LogP contribution in [-0.4, -0.2) is 11.1 Å². The molecule has 134 valence electrons. The predicted molar refractivity (Wildman–Crippen MR) is 104 cm³/mol. The van der Waals surface area contributed by atoms with Crippen molar-refractivity contribution in [1.82, 2.24) is 0 Å². The minimum atomic E-state index is -0.905. The Kier molecular flexibility index (Phi) is 4.82. The van der Waals surface area contributed by atoms with Crippen LogP contribution >= 0.6 is 0 Å². The van der Waals surface area contributed by atoms with E-state index in [1.54, 1.807) is 13.0 Å². The van der Waals surface area contributed by atoms with Crippen molar-refractivity contribution in [3.8, 4) is 0 Å². The van der Waals surface area contributed by atoms with Crippen LogP contribution in [0.4, 0.5) is 4.39 Å². The number of allylic oxidation sites excluding steroid dienone is 2. The minimum absolute atomic E-state index is 0.353. The van der Waals surface area contributed by atoms with Gasteiger partial charge in [0, 0.05) is 0 Å². The highest BCUT2D eigenvalue weighted by atomic mass is 19.1. The third-order valence-corrected chi connectivity index (χ3v) is 5.09. The smallest absolute Gasteiger partial charge is 0.310 e. The zero-order valence-corrected chi connectivity index (χ0v) is 15.5. The first-order chi connectivity index (χ1) is 12.3. The molecule has 26 heavy (non-hydrogen) atoms. The number of hydrogen-bond acceptors (Lipinski definition) is 1. The summed E-state index contributed by atoms with van der Waals surface area (Å²) in [6.45, 7) is 7.88. The van der Waals surface area contributed by atoms with E-state index in [1.165, 1.54) is 17.7 Å². The van der Waals surface area contributed by atoms with Gasteiger partial charge in [-0.3, -0.25) is 4.79 Å². The van der Waals surface area contributed by atoms with E-state index in [0.29, 0.717) is 17.1 Å². The quantitative estimate of drug-likeness (QED) is 0.734. The number of aliphatic carboxylic acids is 1. The van der Waals surface area contributed by atoms with Gasteiger partial charge in [-0.15, -0.1) is 0 Å². The molecule has 0 bridgehead atoms. The average molecular weight is 350 g/mol. The van der Waals surface area contributed by atoms with E-state index < -0.39 is 11.9 Å². The van der Waals surface area contributed by atoms with Gasteiger partial charge in [0.15, 0.2) is 0 Å². The van der Waals surface area contributed by atoms with E-state index in [1.807, 2.05) is 6.92 Å². The highest BCUT2D eigenvalue weighted by Gasteiger charge is 2.30. The molecule has 3 heteroatoms. The molecule has 2 aromatic carbocycles. The zero-order valence-electron chi connectivity index (χ0n) is 15.5. The third-order valence-electron chi connectivity index (χ3n) is 5.09. The lowest BCUT2D eigenvalue weighted by Gasteiger charge is -2.11. The maximum absolute atomic E-state index is 13.8. The lowest BCUT2D eigenvalue weighted by Crippen LogP contribution is -2.11. The fourth-order valence-electron chi connectivity index (χ4n) is 3.53. The van der Waals surface area contributed by atoms with Crippen LogP contribution in [-0.2, 0) is 4.79 Å². The number of carboxylic acids is 1. The summed E-state index contributed by atoms with van der Waals surface area (Å²) in [5.74, 6) is -1.48. The SMILES string of the molecule is CC1=C(C(C)C(=O)O)c2cc(F)ccc2/C1=C\c1ccc(C(C)C)cc1. The molecule has 3 rings (SSSR count). The Morgan fingerprint density at radius 2 is 1.69 bits per heavy atom. The van der Waals surface area contributed by atoms with Crippen molar-refractivity contribution in [1.29, 1.82) is 0 Å². The van der Waals surface area contributed by atoms with Crippen molar-refractivity contribution in [3.63, 3.8) is 0 Å². The fourth-order valence-corrected chi connectivity index (χ4v) is 3.53. The van der Waals surface area contributed by atoms with Crippen LogP contribution in [0.15, 0.2) is 48.0 Å². The van der Waals surface area contributed by atoms with Gasteiger partial charge in [-0.05, 0) is 76.9 Å². The van der Waals surface area contributed by atoms with Crippen LogP contribution in [0.1, 0.15) is 55.9 Å². The topological polar surface area (TPSA) is 37.3 Å². The second kappa shape index (κ2) is 6.91. The van der Waals surface area contributed by atoms with Crippen molar-refractivity contribution in [2.45, 2.75) is 33.6 Å². The van der Waals surface area contributed by atoms with Crippen LogP contribution in [0.3, 0.4) is 0 Å².